The van der Waals surface area contributed by atoms with Crippen LogP contribution in [0.5, 0.6) is 0 Å². The summed E-state index contributed by atoms with van der Waals surface area (Å²) in [7, 11) is 0. The summed E-state index contributed by atoms with van der Waals surface area (Å²) >= 11 is 0. The molecule has 0 aromatic rings. The highest BCUT2D eigenvalue weighted by Crippen LogP contribution is 2.22. The minimum absolute atomic E-state index is 0.0768. The molecule has 0 bridgehead atoms. The molecule has 1 aliphatic rings. The molecule has 1 aliphatic heterocycles. The van der Waals surface area contributed by atoms with E-state index in [1.807, 2.05) is 0 Å². The standard InChI is InChI=1S/C8H13NO4/c1-6(10)9-8(4-7(11)12)2-3-13-5-8/h2-5H2,1H3,(H,9,10)(H,11,12). The maximum absolute atomic E-state index is 10.8. The average molecular weight is 187 g/mol. The fourth-order valence-electron chi connectivity index (χ4n) is 1.55. The van der Waals surface area contributed by atoms with Crippen LogP contribution < -0.4 is 5.32 Å². The van der Waals surface area contributed by atoms with E-state index in [9.17, 15) is 9.59 Å². The van der Waals surface area contributed by atoms with E-state index in [-0.39, 0.29) is 12.3 Å². The molecule has 0 radical (unpaired) electrons. The van der Waals surface area contributed by atoms with Gasteiger partial charge in [-0.05, 0) is 6.42 Å². The van der Waals surface area contributed by atoms with Crippen molar-refractivity contribution in [3.63, 3.8) is 0 Å². The van der Waals surface area contributed by atoms with E-state index in [1.165, 1.54) is 6.92 Å². The third kappa shape index (κ3) is 2.69. The van der Waals surface area contributed by atoms with E-state index in [2.05, 4.69) is 5.32 Å². The van der Waals surface area contributed by atoms with E-state index in [4.69, 9.17) is 9.84 Å². The van der Waals surface area contributed by atoms with Crippen LogP contribution in [0.25, 0.3) is 0 Å². The highest BCUT2D eigenvalue weighted by Gasteiger charge is 2.37. The van der Waals surface area contributed by atoms with E-state index in [0.717, 1.165) is 0 Å². The zero-order chi connectivity index (χ0) is 9.90. The summed E-state index contributed by atoms with van der Waals surface area (Å²) in [5.41, 5.74) is -0.683. The van der Waals surface area contributed by atoms with Crippen molar-refractivity contribution in [2.75, 3.05) is 13.2 Å². The first-order chi connectivity index (χ1) is 6.04. The number of carbonyl (C=O) groups excluding carboxylic acids is 1. The van der Waals surface area contributed by atoms with Crippen molar-refractivity contribution in [1.82, 2.24) is 5.32 Å². The van der Waals surface area contributed by atoms with Crippen molar-refractivity contribution in [1.29, 1.82) is 0 Å². The quantitative estimate of drug-likeness (QED) is 0.639. The number of ether oxygens (including phenoxy) is 1. The van der Waals surface area contributed by atoms with Crippen LogP contribution in [0.15, 0.2) is 0 Å². The predicted octanol–water partition coefficient (Wildman–Crippen LogP) is -0.244. The third-order valence-electron chi connectivity index (χ3n) is 2.03. The van der Waals surface area contributed by atoms with Gasteiger partial charge in [-0.15, -0.1) is 0 Å². The van der Waals surface area contributed by atoms with E-state index >= 15 is 0 Å². The fourth-order valence-corrected chi connectivity index (χ4v) is 1.55. The third-order valence-corrected chi connectivity index (χ3v) is 2.03. The Bertz CT molecular complexity index is 202. The molecule has 2 N–H and O–H groups in total. The Hall–Kier alpha value is -1.10. The summed E-state index contributed by atoms with van der Waals surface area (Å²) in [5.74, 6) is -1.13. The summed E-state index contributed by atoms with van der Waals surface area (Å²) < 4.78 is 5.08. The monoisotopic (exact) mass is 187 g/mol. The Morgan fingerprint density at radius 2 is 2.31 bits per heavy atom. The van der Waals surface area contributed by atoms with Crippen molar-refractivity contribution in [3.05, 3.63) is 0 Å². The van der Waals surface area contributed by atoms with Gasteiger partial charge in [-0.3, -0.25) is 9.59 Å². The zero-order valence-electron chi connectivity index (χ0n) is 7.50. The highest BCUT2D eigenvalue weighted by atomic mass is 16.5. The number of carbonyl (C=O) groups is 2. The molecule has 1 saturated heterocycles. The second-order valence-electron chi connectivity index (χ2n) is 3.33. The normalized spacial score (nSPS) is 27.2. The number of nitrogens with one attached hydrogen (secondary N) is 1. The molecule has 0 aromatic carbocycles. The fraction of sp³-hybridized carbons (Fsp3) is 0.750. The lowest BCUT2D eigenvalue weighted by Crippen LogP contribution is -2.49. The van der Waals surface area contributed by atoms with Crippen molar-refractivity contribution in [2.45, 2.75) is 25.3 Å². The van der Waals surface area contributed by atoms with Crippen LogP contribution in [-0.4, -0.2) is 35.7 Å². The highest BCUT2D eigenvalue weighted by molar-refractivity contribution is 5.76. The number of aliphatic carboxylic acids is 1. The second kappa shape index (κ2) is 3.74. The average Bonchev–Trinajstić information content (AvgIpc) is 2.33. The first-order valence-electron chi connectivity index (χ1n) is 4.12. The Labute approximate surface area is 76.1 Å². The lowest BCUT2D eigenvalue weighted by Gasteiger charge is -2.25. The maximum Gasteiger partial charge on any atom is 0.305 e. The molecule has 74 valence electrons. The molecule has 0 aliphatic carbocycles. The van der Waals surface area contributed by atoms with Gasteiger partial charge in [-0.1, -0.05) is 0 Å². The number of carboxylic acid groups (broad SMARTS) is 1. The summed E-state index contributed by atoms with van der Waals surface area (Å²) in [6.07, 6.45) is 0.492. The SMILES string of the molecule is CC(=O)NC1(CC(=O)O)CCOC1. The molecule has 5 nitrogen and oxygen atoms in total. The van der Waals surface area contributed by atoms with Gasteiger partial charge in [0.05, 0.1) is 18.6 Å². The summed E-state index contributed by atoms with van der Waals surface area (Å²) in [6, 6.07) is 0. The Balaban J connectivity index is 2.62. The number of hydrogen-bond donors (Lipinski definition) is 2. The van der Waals surface area contributed by atoms with Gasteiger partial charge in [0, 0.05) is 13.5 Å². The molecule has 1 atom stereocenters. The van der Waals surface area contributed by atoms with Crippen molar-refractivity contribution >= 4 is 11.9 Å². The summed E-state index contributed by atoms with van der Waals surface area (Å²) in [6.45, 7) is 2.17. The molecule has 1 rings (SSSR count). The number of carboxylic acids is 1. The predicted molar refractivity (Wildman–Crippen MR) is 44.2 cm³/mol. The molecular formula is C8H13NO4. The lowest BCUT2D eigenvalue weighted by atomic mass is 9.94. The van der Waals surface area contributed by atoms with E-state index in [1.54, 1.807) is 0 Å². The number of hydrogen-bond acceptors (Lipinski definition) is 3. The van der Waals surface area contributed by atoms with Gasteiger partial charge in [0.25, 0.3) is 0 Å². The first kappa shape index (κ1) is 9.98. The minimum atomic E-state index is -0.917. The molecular weight excluding hydrogens is 174 g/mol. The van der Waals surface area contributed by atoms with Crippen LogP contribution >= 0.6 is 0 Å². The van der Waals surface area contributed by atoms with Crippen molar-refractivity contribution in [2.24, 2.45) is 0 Å². The Morgan fingerprint density at radius 3 is 2.69 bits per heavy atom. The largest absolute Gasteiger partial charge is 0.481 e. The van der Waals surface area contributed by atoms with Gasteiger partial charge in [0.1, 0.15) is 0 Å². The molecule has 1 unspecified atom stereocenters. The molecule has 1 heterocycles. The summed E-state index contributed by atoms with van der Waals surface area (Å²) in [5, 5.41) is 11.3. The van der Waals surface area contributed by atoms with Gasteiger partial charge < -0.3 is 15.2 Å². The van der Waals surface area contributed by atoms with Crippen LogP contribution in [0.4, 0.5) is 0 Å². The summed E-state index contributed by atoms with van der Waals surface area (Å²) in [4.78, 5) is 21.4. The van der Waals surface area contributed by atoms with Gasteiger partial charge in [-0.2, -0.15) is 0 Å². The van der Waals surface area contributed by atoms with Crippen LogP contribution in [0, 0.1) is 0 Å². The molecule has 5 heteroatoms. The molecule has 1 amide bonds. The number of amides is 1. The lowest BCUT2D eigenvalue weighted by molar-refractivity contribution is -0.139. The van der Waals surface area contributed by atoms with E-state index < -0.39 is 11.5 Å². The smallest absolute Gasteiger partial charge is 0.305 e. The second-order valence-corrected chi connectivity index (χ2v) is 3.33. The topological polar surface area (TPSA) is 75.6 Å². The van der Waals surface area contributed by atoms with Crippen LogP contribution in [0.2, 0.25) is 0 Å². The molecule has 0 spiro atoms. The Kier molecular flexibility index (Phi) is 2.87. The molecule has 13 heavy (non-hydrogen) atoms. The van der Waals surface area contributed by atoms with Gasteiger partial charge in [-0.25, -0.2) is 0 Å². The molecule has 1 fully saturated rings. The van der Waals surface area contributed by atoms with Crippen LogP contribution in [0.3, 0.4) is 0 Å². The van der Waals surface area contributed by atoms with Gasteiger partial charge in [0.15, 0.2) is 0 Å². The zero-order valence-corrected chi connectivity index (χ0v) is 7.50. The van der Waals surface area contributed by atoms with Crippen LogP contribution in [-0.2, 0) is 14.3 Å². The molecule has 0 saturated carbocycles. The molecule has 0 aromatic heterocycles. The van der Waals surface area contributed by atoms with Gasteiger partial charge in [0.2, 0.25) is 5.91 Å². The van der Waals surface area contributed by atoms with Crippen molar-refractivity contribution < 1.29 is 19.4 Å². The van der Waals surface area contributed by atoms with E-state index in [0.29, 0.717) is 19.6 Å². The van der Waals surface area contributed by atoms with Gasteiger partial charge >= 0.3 is 5.97 Å². The maximum atomic E-state index is 10.8. The minimum Gasteiger partial charge on any atom is -0.481 e. The van der Waals surface area contributed by atoms with Crippen LogP contribution in [0.1, 0.15) is 19.8 Å². The Morgan fingerprint density at radius 1 is 1.62 bits per heavy atom. The number of rotatable bonds is 3. The first-order valence-corrected chi connectivity index (χ1v) is 4.12. The van der Waals surface area contributed by atoms with Crippen molar-refractivity contribution in [3.8, 4) is 0 Å².